The number of hydrogen-bond donors (Lipinski definition) is 3. The minimum Gasteiger partial charge on any atom is -0.396 e. The summed E-state index contributed by atoms with van der Waals surface area (Å²) in [6, 6.07) is 5.34. The van der Waals surface area contributed by atoms with Gasteiger partial charge < -0.3 is 10.4 Å². The van der Waals surface area contributed by atoms with E-state index in [0.29, 0.717) is 12.1 Å². The van der Waals surface area contributed by atoms with Gasteiger partial charge in [-0.15, -0.1) is 12.6 Å². The minimum absolute atomic E-state index is 0.0687. The summed E-state index contributed by atoms with van der Waals surface area (Å²) in [4.78, 5) is 12.7. The SMILES string of the molecule is O=C(NCC1(CO)CC1)c1cc(S)ccc1Br. The lowest BCUT2D eigenvalue weighted by Crippen LogP contribution is -2.32. The summed E-state index contributed by atoms with van der Waals surface area (Å²) in [5.41, 5.74) is 0.506. The Balaban J connectivity index is 2.02. The van der Waals surface area contributed by atoms with Crippen molar-refractivity contribution in [2.75, 3.05) is 13.2 Å². The van der Waals surface area contributed by atoms with Crippen LogP contribution in [0.3, 0.4) is 0 Å². The zero-order valence-corrected chi connectivity index (χ0v) is 11.7. The Morgan fingerprint density at radius 2 is 2.24 bits per heavy atom. The monoisotopic (exact) mass is 315 g/mol. The number of halogens is 1. The lowest BCUT2D eigenvalue weighted by Gasteiger charge is -2.13. The van der Waals surface area contributed by atoms with Gasteiger partial charge in [-0.3, -0.25) is 4.79 Å². The van der Waals surface area contributed by atoms with Gasteiger partial charge in [-0.05, 0) is 47.0 Å². The molecule has 17 heavy (non-hydrogen) atoms. The summed E-state index contributed by atoms with van der Waals surface area (Å²) in [5.74, 6) is -0.132. The summed E-state index contributed by atoms with van der Waals surface area (Å²) in [6.45, 7) is 0.673. The van der Waals surface area contributed by atoms with Crippen LogP contribution in [0.15, 0.2) is 27.6 Å². The molecule has 92 valence electrons. The van der Waals surface area contributed by atoms with Gasteiger partial charge in [0, 0.05) is 21.3 Å². The molecule has 1 aliphatic carbocycles. The van der Waals surface area contributed by atoms with Crippen LogP contribution in [0, 0.1) is 5.41 Å². The van der Waals surface area contributed by atoms with Crippen molar-refractivity contribution in [3.8, 4) is 0 Å². The van der Waals surface area contributed by atoms with Crippen LogP contribution in [-0.4, -0.2) is 24.2 Å². The molecular weight excluding hydrogens is 302 g/mol. The molecule has 0 bridgehead atoms. The second-order valence-corrected chi connectivity index (χ2v) is 5.88. The Morgan fingerprint density at radius 3 is 2.82 bits per heavy atom. The van der Waals surface area contributed by atoms with Gasteiger partial charge in [0.1, 0.15) is 0 Å². The van der Waals surface area contributed by atoms with Crippen molar-refractivity contribution >= 4 is 34.5 Å². The van der Waals surface area contributed by atoms with Gasteiger partial charge in [0.05, 0.1) is 12.2 Å². The predicted molar refractivity (Wildman–Crippen MR) is 72.5 cm³/mol. The lowest BCUT2D eigenvalue weighted by molar-refractivity contribution is 0.0934. The summed E-state index contributed by atoms with van der Waals surface area (Å²) in [5, 5.41) is 12.0. The van der Waals surface area contributed by atoms with E-state index in [1.54, 1.807) is 12.1 Å². The molecule has 2 N–H and O–H groups in total. The molecule has 0 spiro atoms. The zero-order chi connectivity index (χ0) is 12.5. The average Bonchev–Trinajstić information content (AvgIpc) is 3.10. The number of carbonyl (C=O) groups excluding carboxylic acids is 1. The minimum atomic E-state index is -0.132. The number of hydrogen-bond acceptors (Lipinski definition) is 3. The Kier molecular flexibility index (Phi) is 3.80. The molecule has 1 amide bonds. The molecule has 0 radical (unpaired) electrons. The number of aliphatic hydroxyl groups excluding tert-OH is 1. The Morgan fingerprint density at radius 1 is 1.53 bits per heavy atom. The number of carbonyl (C=O) groups is 1. The van der Waals surface area contributed by atoms with Gasteiger partial charge in [0.25, 0.3) is 5.91 Å². The highest BCUT2D eigenvalue weighted by Gasteiger charge is 2.42. The van der Waals surface area contributed by atoms with E-state index in [4.69, 9.17) is 5.11 Å². The van der Waals surface area contributed by atoms with Crippen molar-refractivity contribution < 1.29 is 9.90 Å². The maximum atomic E-state index is 12.0. The fourth-order valence-electron chi connectivity index (χ4n) is 1.62. The van der Waals surface area contributed by atoms with E-state index < -0.39 is 0 Å². The molecule has 0 aliphatic heterocycles. The third-order valence-corrected chi connectivity index (χ3v) is 4.08. The van der Waals surface area contributed by atoms with Crippen LogP contribution in [-0.2, 0) is 0 Å². The highest BCUT2D eigenvalue weighted by atomic mass is 79.9. The van der Waals surface area contributed by atoms with Crippen LogP contribution >= 0.6 is 28.6 Å². The van der Waals surface area contributed by atoms with E-state index in [1.807, 2.05) is 6.07 Å². The second-order valence-electron chi connectivity index (χ2n) is 4.50. The Hall–Kier alpha value is -0.520. The maximum absolute atomic E-state index is 12.0. The molecule has 3 nitrogen and oxygen atoms in total. The number of amides is 1. The third-order valence-electron chi connectivity index (χ3n) is 3.11. The van der Waals surface area contributed by atoms with Crippen molar-refractivity contribution in [2.24, 2.45) is 5.41 Å². The van der Waals surface area contributed by atoms with Crippen LogP contribution in [0.25, 0.3) is 0 Å². The summed E-state index contributed by atoms with van der Waals surface area (Å²) in [6.07, 6.45) is 1.97. The summed E-state index contributed by atoms with van der Waals surface area (Å²) >= 11 is 7.55. The van der Waals surface area contributed by atoms with E-state index >= 15 is 0 Å². The molecule has 0 saturated heterocycles. The molecule has 0 unspecified atom stereocenters. The molecule has 1 aromatic rings. The van der Waals surface area contributed by atoms with E-state index in [9.17, 15) is 4.79 Å². The molecule has 0 heterocycles. The number of nitrogens with one attached hydrogen (secondary N) is 1. The molecule has 1 fully saturated rings. The van der Waals surface area contributed by atoms with Gasteiger partial charge in [-0.2, -0.15) is 0 Å². The quantitative estimate of drug-likeness (QED) is 0.746. The third kappa shape index (κ3) is 3.03. The molecule has 1 aromatic carbocycles. The van der Waals surface area contributed by atoms with Crippen molar-refractivity contribution in [1.82, 2.24) is 5.32 Å². The largest absolute Gasteiger partial charge is 0.396 e. The standard InChI is InChI=1S/C12H14BrNO2S/c13-10-2-1-8(17)5-9(10)11(16)14-6-12(7-15)3-4-12/h1-2,5,15,17H,3-4,6-7H2,(H,14,16). The fraction of sp³-hybridized carbons (Fsp3) is 0.417. The van der Waals surface area contributed by atoms with Crippen molar-refractivity contribution in [2.45, 2.75) is 17.7 Å². The molecule has 0 aromatic heterocycles. The zero-order valence-electron chi connectivity index (χ0n) is 9.24. The highest BCUT2D eigenvalue weighted by molar-refractivity contribution is 9.10. The number of thiol groups is 1. The van der Waals surface area contributed by atoms with E-state index in [1.165, 1.54) is 0 Å². The first-order valence-corrected chi connectivity index (χ1v) is 6.68. The van der Waals surface area contributed by atoms with Gasteiger partial charge in [-0.1, -0.05) is 0 Å². The van der Waals surface area contributed by atoms with Crippen molar-refractivity contribution in [3.63, 3.8) is 0 Å². The first-order valence-electron chi connectivity index (χ1n) is 5.44. The summed E-state index contributed by atoms with van der Waals surface area (Å²) in [7, 11) is 0. The number of rotatable bonds is 4. The molecule has 1 saturated carbocycles. The second kappa shape index (κ2) is 5.00. The van der Waals surface area contributed by atoms with Gasteiger partial charge >= 0.3 is 0 Å². The fourth-order valence-corrected chi connectivity index (χ4v) is 2.25. The van der Waals surface area contributed by atoms with Gasteiger partial charge in [0.2, 0.25) is 0 Å². The van der Waals surface area contributed by atoms with Crippen molar-refractivity contribution in [1.29, 1.82) is 0 Å². The molecule has 1 aliphatic rings. The highest BCUT2D eigenvalue weighted by Crippen LogP contribution is 2.44. The van der Waals surface area contributed by atoms with Crippen LogP contribution in [0.4, 0.5) is 0 Å². The van der Waals surface area contributed by atoms with Gasteiger partial charge in [0.15, 0.2) is 0 Å². The Bertz CT molecular complexity index is 446. The maximum Gasteiger partial charge on any atom is 0.252 e. The predicted octanol–water partition coefficient (Wildman–Crippen LogP) is 2.24. The van der Waals surface area contributed by atoms with Crippen LogP contribution < -0.4 is 5.32 Å². The van der Waals surface area contributed by atoms with E-state index in [0.717, 1.165) is 22.2 Å². The van der Waals surface area contributed by atoms with Crippen LogP contribution in [0.1, 0.15) is 23.2 Å². The van der Waals surface area contributed by atoms with Crippen LogP contribution in [0.2, 0.25) is 0 Å². The number of benzene rings is 1. The molecule has 0 atom stereocenters. The summed E-state index contributed by atoms with van der Waals surface area (Å²) < 4.78 is 0.752. The first-order chi connectivity index (χ1) is 8.06. The normalized spacial score (nSPS) is 16.6. The molecular formula is C12H14BrNO2S. The molecule has 2 rings (SSSR count). The van der Waals surface area contributed by atoms with Crippen molar-refractivity contribution in [3.05, 3.63) is 28.2 Å². The van der Waals surface area contributed by atoms with E-state index in [2.05, 4.69) is 33.9 Å². The molecule has 5 heteroatoms. The average molecular weight is 316 g/mol. The topological polar surface area (TPSA) is 49.3 Å². The lowest BCUT2D eigenvalue weighted by atomic mass is 10.1. The first kappa shape index (κ1) is 12.9. The van der Waals surface area contributed by atoms with Gasteiger partial charge in [-0.25, -0.2) is 0 Å². The Labute approximate surface area is 114 Å². The number of aliphatic hydroxyl groups is 1. The smallest absolute Gasteiger partial charge is 0.252 e. The van der Waals surface area contributed by atoms with E-state index in [-0.39, 0.29) is 17.9 Å². The van der Waals surface area contributed by atoms with Crippen LogP contribution in [0.5, 0.6) is 0 Å².